The van der Waals surface area contributed by atoms with Gasteiger partial charge in [-0.1, -0.05) is 48.0 Å². The highest BCUT2D eigenvalue weighted by Gasteiger charge is 2.17. The van der Waals surface area contributed by atoms with Crippen molar-refractivity contribution < 1.29 is 24.6 Å². The highest BCUT2D eigenvalue weighted by Crippen LogP contribution is 2.23. The summed E-state index contributed by atoms with van der Waals surface area (Å²) < 4.78 is 0. The molecule has 2 rings (SSSR count). The molecule has 0 aromatic heterocycles. The summed E-state index contributed by atoms with van der Waals surface area (Å²) >= 11 is 6.01. The van der Waals surface area contributed by atoms with Gasteiger partial charge < -0.3 is 15.5 Å². The molecule has 28 heavy (non-hydrogen) atoms. The predicted molar refractivity (Wildman–Crippen MR) is 105 cm³/mol. The van der Waals surface area contributed by atoms with E-state index in [0.29, 0.717) is 11.4 Å². The minimum atomic E-state index is -1.07. The summed E-state index contributed by atoms with van der Waals surface area (Å²) in [6.07, 6.45) is 0.105. The van der Waals surface area contributed by atoms with Gasteiger partial charge >= 0.3 is 11.9 Å². The number of aliphatic carboxylic acids is 2. The average molecular weight is 405 g/mol. The number of benzene rings is 2. The fourth-order valence-electron chi connectivity index (χ4n) is 2.73. The Labute approximate surface area is 167 Å². The summed E-state index contributed by atoms with van der Waals surface area (Å²) in [7, 11) is 0. The summed E-state index contributed by atoms with van der Waals surface area (Å²) in [6.45, 7) is -0.544. The van der Waals surface area contributed by atoms with Gasteiger partial charge in [-0.3, -0.25) is 19.7 Å². The van der Waals surface area contributed by atoms with Gasteiger partial charge in [0, 0.05) is 11.1 Å². The molecule has 2 aromatic carbocycles. The second kappa shape index (κ2) is 10.4. The van der Waals surface area contributed by atoms with E-state index in [-0.39, 0.29) is 19.5 Å². The van der Waals surface area contributed by atoms with Crippen molar-refractivity contribution in [3.8, 4) is 11.1 Å². The quantitative estimate of drug-likeness (QED) is 0.482. The molecule has 0 saturated carbocycles. The van der Waals surface area contributed by atoms with Crippen molar-refractivity contribution in [2.24, 2.45) is 0 Å². The highest BCUT2D eigenvalue weighted by atomic mass is 35.5. The SMILES string of the molecule is O=C(O)CNCC(=O)NC(CC(=O)O)Cc1ccc(-c2cccc(Cl)c2)cc1. The molecular formula is C20H21ClN2O5. The summed E-state index contributed by atoms with van der Waals surface area (Å²) in [5.74, 6) is -2.56. The Morgan fingerprint density at radius 1 is 0.929 bits per heavy atom. The Bertz CT molecular complexity index is 839. The summed E-state index contributed by atoms with van der Waals surface area (Å²) in [4.78, 5) is 33.5. The second-order valence-corrected chi connectivity index (χ2v) is 6.71. The lowest BCUT2D eigenvalue weighted by Gasteiger charge is -2.17. The molecule has 0 aliphatic heterocycles. The molecule has 1 unspecified atom stereocenters. The van der Waals surface area contributed by atoms with Crippen molar-refractivity contribution in [3.05, 3.63) is 59.1 Å². The van der Waals surface area contributed by atoms with E-state index >= 15 is 0 Å². The van der Waals surface area contributed by atoms with E-state index in [1.54, 1.807) is 6.07 Å². The van der Waals surface area contributed by atoms with Crippen LogP contribution in [0.15, 0.2) is 48.5 Å². The van der Waals surface area contributed by atoms with E-state index in [4.69, 9.17) is 21.8 Å². The minimum absolute atomic E-state index is 0.198. The highest BCUT2D eigenvalue weighted by molar-refractivity contribution is 6.30. The molecule has 0 radical (unpaired) electrons. The Morgan fingerprint density at radius 3 is 2.25 bits per heavy atom. The number of carbonyl (C=O) groups is 3. The third kappa shape index (κ3) is 7.38. The lowest BCUT2D eigenvalue weighted by Crippen LogP contribution is -2.43. The maximum absolute atomic E-state index is 11.9. The number of rotatable bonds is 10. The normalized spacial score (nSPS) is 11.6. The third-order valence-electron chi connectivity index (χ3n) is 3.94. The standard InChI is InChI=1S/C20H21ClN2O5/c21-16-3-1-2-15(9-16)14-6-4-13(5-7-14)8-17(10-19(25)26)23-18(24)11-22-12-20(27)28/h1-7,9,17,22H,8,10-12H2,(H,23,24)(H,25,26)(H,27,28). The van der Waals surface area contributed by atoms with E-state index in [0.717, 1.165) is 16.7 Å². The maximum Gasteiger partial charge on any atom is 0.317 e. The fraction of sp³-hybridized carbons (Fsp3) is 0.250. The molecule has 2 aromatic rings. The summed E-state index contributed by atoms with van der Waals surface area (Å²) in [5.41, 5.74) is 2.82. The lowest BCUT2D eigenvalue weighted by atomic mass is 9.99. The van der Waals surface area contributed by atoms with Gasteiger partial charge in [-0.05, 0) is 35.2 Å². The molecule has 0 bridgehead atoms. The molecule has 0 aliphatic rings. The molecule has 8 heteroatoms. The van der Waals surface area contributed by atoms with Crippen molar-refractivity contribution in [2.45, 2.75) is 18.9 Å². The van der Waals surface area contributed by atoms with Gasteiger partial charge in [0.15, 0.2) is 0 Å². The second-order valence-electron chi connectivity index (χ2n) is 6.27. The van der Waals surface area contributed by atoms with Gasteiger partial charge in [-0.25, -0.2) is 0 Å². The van der Waals surface area contributed by atoms with Crippen LogP contribution in [0.4, 0.5) is 0 Å². The molecule has 148 valence electrons. The van der Waals surface area contributed by atoms with Crippen molar-refractivity contribution >= 4 is 29.4 Å². The van der Waals surface area contributed by atoms with Gasteiger partial charge in [0.1, 0.15) is 0 Å². The third-order valence-corrected chi connectivity index (χ3v) is 4.18. The topological polar surface area (TPSA) is 116 Å². The first-order valence-electron chi connectivity index (χ1n) is 8.62. The van der Waals surface area contributed by atoms with Crippen molar-refractivity contribution in [2.75, 3.05) is 13.1 Å². The van der Waals surface area contributed by atoms with Crippen LogP contribution in [0, 0.1) is 0 Å². The Balaban J connectivity index is 2.00. The van der Waals surface area contributed by atoms with Crippen molar-refractivity contribution in [3.63, 3.8) is 0 Å². The Kier molecular flexibility index (Phi) is 7.98. The molecule has 0 aliphatic carbocycles. The summed E-state index contributed by atoms with van der Waals surface area (Å²) in [5, 5.41) is 23.4. The van der Waals surface area contributed by atoms with E-state index in [1.165, 1.54) is 0 Å². The summed E-state index contributed by atoms with van der Waals surface area (Å²) in [6, 6.07) is 14.4. The molecule has 0 saturated heterocycles. The smallest absolute Gasteiger partial charge is 0.317 e. The number of nitrogens with one attached hydrogen (secondary N) is 2. The van der Waals surface area contributed by atoms with E-state index in [1.807, 2.05) is 42.5 Å². The van der Waals surface area contributed by atoms with Crippen LogP contribution < -0.4 is 10.6 Å². The maximum atomic E-state index is 11.9. The first kappa shape index (κ1) is 21.4. The van der Waals surface area contributed by atoms with Crippen LogP contribution in [0.25, 0.3) is 11.1 Å². The monoisotopic (exact) mass is 404 g/mol. The van der Waals surface area contributed by atoms with E-state index in [9.17, 15) is 14.4 Å². The molecule has 1 atom stereocenters. The number of hydrogen-bond acceptors (Lipinski definition) is 4. The van der Waals surface area contributed by atoms with E-state index < -0.39 is 23.9 Å². The lowest BCUT2D eigenvalue weighted by molar-refractivity contribution is -0.138. The molecule has 0 spiro atoms. The Hall–Kier alpha value is -2.90. The number of halogens is 1. The van der Waals surface area contributed by atoms with Crippen LogP contribution in [-0.2, 0) is 20.8 Å². The number of hydrogen-bond donors (Lipinski definition) is 4. The zero-order valence-electron chi connectivity index (χ0n) is 15.0. The zero-order chi connectivity index (χ0) is 20.5. The van der Waals surface area contributed by atoms with Gasteiger partial charge in [0.05, 0.1) is 19.5 Å². The van der Waals surface area contributed by atoms with Crippen molar-refractivity contribution in [1.29, 1.82) is 0 Å². The Morgan fingerprint density at radius 2 is 1.64 bits per heavy atom. The number of carboxylic acid groups (broad SMARTS) is 2. The van der Waals surface area contributed by atoms with Gasteiger partial charge in [-0.2, -0.15) is 0 Å². The molecule has 1 amide bonds. The number of carbonyl (C=O) groups excluding carboxylic acids is 1. The van der Waals surface area contributed by atoms with Crippen LogP contribution in [0.2, 0.25) is 5.02 Å². The fourth-order valence-corrected chi connectivity index (χ4v) is 2.92. The van der Waals surface area contributed by atoms with Crippen LogP contribution in [0.1, 0.15) is 12.0 Å². The number of amides is 1. The molecule has 0 fully saturated rings. The predicted octanol–water partition coefficient (Wildman–Crippen LogP) is 2.18. The molecular weight excluding hydrogens is 384 g/mol. The first-order valence-corrected chi connectivity index (χ1v) is 9.00. The zero-order valence-corrected chi connectivity index (χ0v) is 15.8. The van der Waals surface area contributed by atoms with Gasteiger partial charge in [-0.15, -0.1) is 0 Å². The molecule has 4 N–H and O–H groups in total. The van der Waals surface area contributed by atoms with Crippen LogP contribution in [-0.4, -0.2) is 47.2 Å². The van der Waals surface area contributed by atoms with Crippen molar-refractivity contribution in [1.82, 2.24) is 10.6 Å². The van der Waals surface area contributed by atoms with E-state index in [2.05, 4.69) is 10.6 Å². The van der Waals surface area contributed by atoms with Crippen LogP contribution in [0.5, 0.6) is 0 Å². The number of carboxylic acids is 2. The largest absolute Gasteiger partial charge is 0.481 e. The van der Waals surface area contributed by atoms with Crippen LogP contribution >= 0.6 is 11.6 Å². The average Bonchev–Trinajstić information content (AvgIpc) is 2.61. The van der Waals surface area contributed by atoms with Crippen LogP contribution in [0.3, 0.4) is 0 Å². The first-order chi connectivity index (χ1) is 13.3. The van der Waals surface area contributed by atoms with Gasteiger partial charge in [0.2, 0.25) is 5.91 Å². The van der Waals surface area contributed by atoms with Gasteiger partial charge in [0.25, 0.3) is 0 Å². The molecule has 7 nitrogen and oxygen atoms in total. The molecule has 0 heterocycles. The minimum Gasteiger partial charge on any atom is -0.481 e.